The van der Waals surface area contributed by atoms with Crippen LogP contribution in [0.1, 0.15) is 96.5 Å². The molecule has 9 nitrogen and oxygen atoms in total. The van der Waals surface area contributed by atoms with E-state index in [0.29, 0.717) is 46.8 Å². The van der Waals surface area contributed by atoms with Crippen LogP contribution in [0.4, 0.5) is 0 Å². The highest BCUT2D eigenvalue weighted by molar-refractivity contribution is 6.03. The summed E-state index contributed by atoms with van der Waals surface area (Å²) in [4.78, 5) is 8.44. The Labute approximate surface area is 366 Å². The number of rotatable bonds is 6. The molecule has 320 valence electrons. The van der Waals surface area contributed by atoms with Crippen molar-refractivity contribution in [3.8, 4) is 28.7 Å². The van der Waals surface area contributed by atoms with Crippen molar-refractivity contribution in [3.63, 3.8) is 0 Å². The maximum Gasteiger partial charge on any atom is 0.169 e. The molecule has 2 spiro atoms. The number of aliphatic hydroxyl groups excluding tert-OH is 1. The molecule has 0 amide bonds. The van der Waals surface area contributed by atoms with Crippen molar-refractivity contribution in [1.29, 1.82) is 0 Å². The van der Waals surface area contributed by atoms with E-state index in [-0.39, 0.29) is 68.4 Å². The number of H-pyrrole nitrogens is 1. The number of aromatic hydroxyl groups is 5. The quantitative estimate of drug-likeness (QED) is 0.0476. The van der Waals surface area contributed by atoms with Gasteiger partial charge in [-0.3, -0.25) is 5.32 Å². The lowest BCUT2D eigenvalue weighted by Crippen LogP contribution is -2.74. The molecule has 9 atom stereocenters. The van der Waals surface area contributed by atoms with Gasteiger partial charge in [0.15, 0.2) is 23.0 Å². The minimum absolute atomic E-state index is 0.000170. The third-order valence-electron chi connectivity index (χ3n) is 17.2. The van der Waals surface area contributed by atoms with E-state index in [9.17, 15) is 30.6 Å². The molecular formula is C54H53N3O6. The zero-order valence-electron chi connectivity index (χ0n) is 35.1. The normalized spacial score (nSPS) is 32.3. The largest absolute Gasteiger partial charge is 0.507 e. The minimum atomic E-state index is -0.541. The summed E-state index contributed by atoms with van der Waals surface area (Å²) in [6.07, 6.45) is 31.4. The second kappa shape index (κ2) is 14.0. The summed E-state index contributed by atoms with van der Waals surface area (Å²) in [5, 5.41) is 71.1. The van der Waals surface area contributed by atoms with Crippen molar-refractivity contribution in [1.82, 2.24) is 15.3 Å². The number of aromatic amines is 1. The van der Waals surface area contributed by atoms with Crippen LogP contribution >= 0.6 is 0 Å². The van der Waals surface area contributed by atoms with Gasteiger partial charge in [0.1, 0.15) is 5.75 Å². The summed E-state index contributed by atoms with van der Waals surface area (Å²) in [6.45, 7) is 0. The van der Waals surface area contributed by atoms with Gasteiger partial charge in [-0.1, -0.05) is 97.8 Å². The number of hydrogen-bond acceptors (Lipinski definition) is 8. The van der Waals surface area contributed by atoms with E-state index in [1.807, 2.05) is 12.4 Å². The number of allylic oxidation sites excluding steroid dienone is 2. The average molecular weight is 840 g/mol. The number of phenols is 5. The molecule has 4 aromatic carbocycles. The van der Waals surface area contributed by atoms with Crippen molar-refractivity contribution in [3.05, 3.63) is 148 Å². The predicted octanol–water partition coefficient (Wildman–Crippen LogP) is 9.80. The molecule has 7 aliphatic rings. The molecule has 0 saturated heterocycles. The Morgan fingerprint density at radius 3 is 2.51 bits per heavy atom. The van der Waals surface area contributed by atoms with Gasteiger partial charge in [-0.15, -0.1) is 0 Å². The zero-order valence-corrected chi connectivity index (χ0v) is 35.1. The number of aromatic nitrogens is 2. The van der Waals surface area contributed by atoms with E-state index < -0.39 is 6.10 Å². The van der Waals surface area contributed by atoms with Crippen LogP contribution in [0.15, 0.2) is 109 Å². The first kappa shape index (κ1) is 38.6. The van der Waals surface area contributed by atoms with Gasteiger partial charge in [-0.2, -0.15) is 0 Å². The minimum Gasteiger partial charge on any atom is -0.507 e. The molecule has 3 fully saturated rings. The molecule has 9 unspecified atom stereocenters. The number of imidazole rings is 1. The molecule has 1 aliphatic heterocycles. The lowest BCUT2D eigenvalue weighted by Gasteiger charge is -2.70. The highest BCUT2D eigenvalue weighted by atomic mass is 16.3. The van der Waals surface area contributed by atoms with Gasteiger partial charge in [-0.05, 0) is 137 Å². The van der Waals surface area contributed by atoms with Gasteiger partial charge in [-0.25, -0.2) is 4.98 Å². The summed E-state index contributed by atoms with van der Waals surface area (Å²) >= 11 is 0. The van der Waals surface area contributed by atoms with Crippen LogP contribution < -0.4 is 5.32 Å². The van der Waals surface area contributed by atoms with E-state index in [1.165, 1.54) is 72.7 Å². The third kappa shape index (κ3) is 5.33. The molecule has 3 saturated carbocycles. The Morgan fingerprint density at radius 2 is 1.65 bits per heavy atom. The molecule has 5 aromatic rings. The number of aryl methyl sites for hydroxylation is 1. The second-order valence-corrected chi connectivity index (χ2v) is 19.6. The Bertz CT molecular complexity index is 2870. The van der Waals surface area contributed by atoms with Gasteiger partial charge < -0.3 is 35.6 Å². The second-order valence-electron chi connectivity index (χ2n) is 19.6. The maximum atomic E-state index is 12.5. The van der Waals surface area contributed by atoms with Gasteiger partial charge in [0.2, 0.25) is 0 Å². The first-order chi connectivity index (χ1) is 30.6. The van der Waals surface area contributed by atoms with Crippen LogP contribution in [0.25, 0.3) is 29.0 Å². The monoisotopic (exact) mass is 839 g/mol. The highest BCUT2D eigenvalue weighted by Crippen LogP contribution is 2.76. The molecule has 12 rings (SSSR count). The van der Waals surface area contributed by atoms with Crippen molar-refractivity contribution < 1.29 is 30.6 Å². The summed E-state index contributed by atoms with van der Waals surface area (Å²) in [5.41, 5.74) is 8.65. The Morgan fingerprint density at radius 1 is 0.778 bits per heavy atom. The number of phenolic OH excluding ortho intramolecular Hbond substituents is 5. The van der Waals surface area contributed by atoms with Crippen LogP contribution in [0, 0.1) is 28.6 Å². The molecule has 9 heteroatoms. The SMILES string of the molecule is Oc1ccc(C=Cc2c(CCc3ccc4c(c3)C=CC3=CC5=CC6CCCC67CCC68CCCC6C=CC(O)C8C7(c6cnc[nH]6)C5NC34)c(O)c(O)c3c(O)cccc23)cc1O. The number of fused-ring (bicyclic) bond motifs is 7. The van der Waals surface area contributed by atoms with Crippen molar-refractivity contribution in [2.24, 2.45) is 28.6 Å². The Kier molecular flexibility index (Phi) is 8.58. The van der Waals surface area contributed by atoms with Gasteiger partial charge in [0.05, 0.1) is 23.9 Å². The van der Waals surface area contributed by atoms with Crippen LogP contribution in [0.5, 0.6) is 28.7 Å². The molecule has 0 radical (unpaired) electrons. The Balaban J connectivity index is 0.913. The van der Waals surface area contributed by atoms with E-state index in [0.717, 1.165) is 30.4 Å². The van der Waals surface area contributed by atoms with Crippen LogP contribution in [0.3, 0.4) is 0 Å². The van der Waals surface area contributed by atoms with Gasteiger partial charge in [0.25, 0.3) is 0 Å². The van der Waals surface area contributed by atoms with E-state index >= 15 is 0 Å². The number of nitrogens with one attached hydrogen (secondary N) is 2. The molecule has 8 N–H and O–H groups in total. The molecule has 1 aromatic heterocycles. The lowest BCUT2D eigenvalue weighted by atomic mass is 9.34. The summed E-state index contributed by atoms with van der Waals surface area (Å²) in [7, 11) is 0. The summed E-state index contributed by atoms with van der Waals surface area (Å²) in [5.74, 6) is -0.286. The van der Waals surface area contributed by atoms with Gasteiger partial charge >= 0.3 is 0 Å². The topological polar surface area (TPSA) is 162 Å². The van der Waals surface area contributed by atoms with Crippen LogP contribution in [0.2, 0.25) is 0 Å². The first-order valence-electron chi connectivity index (χ1n) is 22.9. The zero-order chi connectivity index (χ0) is 42.8. The number of benzene rings is 4. The fourth-order valence-electron chi connectivity index (χ4n) is 14.7. The number of hydrogen-bond donors (Lipinski definition) is 8. The van der Waals surface area contributed by atoms with E-state index in [2.05, 4.69) is 71.2 Å². The van der Waals surface area contributed by atoms with E-state index in [4.69, 9.17) is 4.98 Å². The third-order valence-corrected chi connectivity index (χ3v) is 17.2. The molecule has 6 aliphatic carbocycles. The van der Waals surface area contributed by atoms with Crippen molar-refractivity contribution >= 4 is 29.0 Å². The summed E-state index contributed by atoms with van der Waals surface area (Å²) < 4.78 is 0. The number of aliphatic hydroxyl groups is 1. The lowest BCUT2D eigenvalue weighted by molar-refractivity contribution is -0.161. The predicted molar refractivity (Wildman–Crippen MR) is 244 cm³/mol. The van der Waals surface area contributed by atoms with Crippen LogP contribution in [-0.2, 0) is 18.3 Å². The maximum absolute atomic E-state index is 12.5. The Hall–Kier alpha value is -6.03. The standard InChI is InChI=1S/C54H53N3O6/c58-41-18-11-31(25-44(41)61)9-16-38-39-6-1-7-42(59)46(39)49(63)48(62)40(38)17-10-30-8-15-37-32(24-30)12-13-33-26-34-27-36-5-3-21-53(36)23-22-52-20-2-4-35(52)14-19-43(60)50(52)54(53,45-28-55-29-56-45)51(34)57-47(33)37/h1,6-9,11-16,18-19,24-29,35-36,43,47,50-51,57-63H,2-5,10,17,20-23H2,(H,55,56). The highest BCUT2D eigenvalue weighted by Gasteiger charge is 2.75. The molecule has 63 heavy (non-hydrogen) atoms. The van der Waals surface area contributed by atoms with E-state index in [1.54, 1.807) is 24.3 Å². The average Bonchev–Trinajstić information content (AvgIpc) is 4.07. The number of nitrogens with zero attached hydrogens (tertiary/aromatic N) is 1. The first-order valence-corrected chi connectivity index (χ1v) is 22.9. The van der Waals surface area contributed by atoms with Crippen molar-refractivity contribution in [2.45, 2.75) is 87.8 Å². The fourth-order valence-corrected chi connectivity index (χ4v) is 14.7. The smallest absolute Gasteiger partial charge is 0.169 e. The summed E-state index contributed by atoms with van der Waals surface area (Å²) in [6, 6.07) is 16.1. The fraction of sp³-hybridized carbons (Fsp3) is 0.352. The van der Waals surface area contributed by atoms with Gasteiger partial charge in [0, 0.05) is 34.8 Å². The molecule has 2 heterocycles. The van der Waals surface area contributed by atoms with Crippen molar-refractivity contribution in [2.75, 3.05) is 0 Å². The molecule has 0 bridgehead atoms. The van der Waals surface area contributed by atoms with Crippen LogP contribution in [-0.4, -0.2) is 52.8 Å². The molecular weight excluding hydrogens is 787 g/mol.